The number of anilines is 1. The zero-order valence-electron chi connectivity index (χ0n) is 12.6. The van der Waals surface area contributed by atoms with Crippen molar-refractivity contribution in [3.63, 3.8) is 0 Å². The molecule has 0 spiro atoms. The van der Waals surface area contributed by atoms with Crippen LogP contribution in [0.5, 0.6) is 5.88 Å². The van der Waals surface area contributed by atoms with E-state index in [1.54, 1.807) is 6.20 Å². The highest BCUT2D eigenvalue weighted by Gasteiger charge is 2.12. The lowest BCUT2D eigenvalue weighted by molar-refractivity contribution is 0.200. The molecule has 2 aromatic heterocycles. The van der Waals surface area contributed by atoms with Crippen LogP contribution in [0, 0.1) is 0 Å². The van der Waals surface area contributed by atoms with Gasteiger partial charge in [0.1, 0.15) is 5.82 Å². The van der Waals surface area contributed by atoms with Gasteiger partial charge < -0.3 is 10.1 Å². The van der Waals surface area contributed by atoms with Crippen LogP contribution in [0.3, 0.4) is 0 Å². The number of nitrogens with zero attached hydrogens (tertiary/aromatic N) is 3. The molecule has 5 heteroatoms. The SMILES string of the molecule is CCCCCCC(C)Oc1nc(NC)cn2ccnc12. The van der Waals surface area contributed by atoms with Crippen molar-refractivity contribution in [1.82, 2.24) is 14.4 Å². The Balaban J connectivity index is 2.02. The maximum absolute atomic E-state index is 5.97. The fourth-order valence-corrected chi connectivity index (χ4v) is 2.21. The van der Waals surface area contributed by atoms with Gasteiger partial charge in [0.25, 0.3) is 5.88 Å². The molecule has 0 bridgehead atoms. The van der Waals surface area contributed by atoms with Gasteiger partial charge in [-0.3, -0.25) is 4.40 Å². The largest absolute Gasteiger partial charge is 0.472 e. The van der Waals surface area contributed by atoms with Crippen LogP contribution in [0.4, 0.5) is 5.82 Å². The number of unbranched alkanes of at least 4 members (excludes halogenated alkanes) is 3. The summed E-state index contributed by atoms with van der Waals surface area (Å²) in [5, 5.41) is 3.04. The third kappa shape index (κ3) is 3.62. The van der Waals surface area contributed by atoms with Crippen molar-refractivity contribution in [2.75, 3.05) is 12.4 Å². The Morgan fingerprint density at radius 2 is 2.20 bits per heavy atom. The van der Waals surface area contributed by atoms with Gasteiger partial charge in [0.15, 0.2) is 0 Å². The highest BCUT2D eigenvalue weighted by atomic mass is 16.5. The molecule has 2 rings (SSSR count). The Labute approximate surface area is 120 Å². The number of fused-ring (bicyclic) bond motifs is 1. The first kappa shape index (κ1) is 14.6. The van der Waals surface area contributed by atoms with Gasteiger partial charge in [-0.2, -0.15) is 4.98 Å². The van der Waals surface area contributed by atoms with Crippen LogP contribution in [0.2, 0.25) is 0 Å². The predicted octanol–water partition coefficient (Wildman–Crippen LogP) is 3.51. The lowest BCUT2D eigenvalue weighted by atomic mass is 10.1. The van der Waals surface area contributed by atoms with Crippen molar-refractivity contribution in [2.24, 2.45) is 0 Å². The molecule has 1 N–H and O–H groups in total. The number of imidazole rings is 1. The lowest BCUT2D eigenvalue weighted by Crippen LogP contribution is -2.14. The maximum Gasteiger partial charge on any atom is 0.260 e. The molecule has 110 valence electrons. The smallest absolute Gasteiger partial charge is 0.260 e. The molecule has 1 unspecified atom stereocenters. The minimum atomic E-state index is 0.159. The van der Waals surface area contributed by atoms with Gasteiger partial charge in [0, 0.05) is 19.4 Å². The molecular weight excluding hydrogens is 252 g/mol. The first-order valence-electron chi connectivity index (χ1n) is 7.42. The van der Waals surface area contributed by atoms with E-state index < -0.39 is 0 Å². The molecule has 0 saturated carbocycles. The molecule has 20 heavy (non-hydrogen) atoms. The molecule has 1 atom stereocenters. The second-order valence-corrected chi connectivity index (χ2v) is 5.12. The molecule has 0 aliphatic rings. The number of nitrogens with one attached hydrogen (secondary N) is 1. The molecule has 2 heterocycles. The van der Waals surface area contributed by atoms with E-state index >= 15 is 0 Å². The van der Waals surface area contributed by atoms with E-state index in [9.17, 15) is 0 Å². The molecule has 0 amide bonds. The van der Waals surface area contributed by atoms with Gasteiger partial charge in [0.05, 0.1) is 12.3 Å². The van der Waals surface area contributed by atoms with E-state index in [0.717, 1.165) is 17.9 Å². The first-order valence-corrected chi connectivity index (χ1v) is 7.42. The average Bonchev–Trinajstić information content (AvgIpc) is 2.92. The topological polar surface area (TPSA) is 51.5 Å². The molecule has 0 aromatic carbocycles. The fourth-order valence-electron chi connectivity index (χ4n) is 2.21. The third-order valence-corrected chi connectivity index (χ3v) is 3.38. The number of rotatable bonds is 8. The van der Waals surface area contributed by atoms with Gasteiger partial charge in [-0.1, -0.05) is 26.2 Å². The molecular formula is C15H24N4O. The zero-order chi connectivity index (χ0) is 14.4. The predicted molar refractivity (Wildman–Crippen MR) is 81.4 cm³/mol. The fraction of sp³-hybridized carbons (Fsp3) is 0.600. The van der Waals surface area contributed by atoms with Gasteiger partial charge in [0.2, 0.25) is 5.65 Å². The molecule has 0 fully saturated rings. The van der Waals surface area contributed by atoms with E-state index in [1.807, 2.05) is 23.8 Å². The van der Waals surface area contributed by atoms with Crippen molar-refractivity contribution in [2.45, 2.75) is 52.1 Å². The van der Waals surface area contributed by atoms with E-state index in [4.69, 9.17) is 4.74 Å². The molecule has 0 radical (unpaired) electrons. The number of ether oxygens (including phenoxy) is 1. The summed E-state index contributed by atoms with van der Waals surface area (Å²) in [4.78, 5) is 8.76. The minimum absolute atomic E-state index is 0.159. The van der Waals surface area contributed by atoms with Crippen LogP contribution in [0.1, 0.15) is 46.0 Å². The summed E-state index contributed by atoms with van der Waals surface area (Å²) in [5.74, 6) is 1.38. The molecule has 0 saturated heterocycles. The quantitative estimate of drug-likeness (QED) is 0.750. The van der Waals surface area contributed by atoms with Crippen LogP contribution in [-0.4, -0.2) is 27.5 Å². The number of hydrogen-bond donors (Lipinski definition) is 1. The van der Waals surface area contributed by atoms with Gasteiger partial charge in [-0.15, -0.1) is 0 Å². The van der Waals surface area contributed by atoms with Gasteiger partial charge >= 0.3 is 0 Å². The van der Waals surface area contributed by atoms with Crippen LogP contribution < -0.4 is 10.1 Å². The summed E-state index contributed by atoms with van der Waals surface area (Å²) >= 11 is 0. The van der Waals surface area contributed by atoms with Crippen LogP contribution in [0.25, 0.3) is 5.65 Å². The van der Waals surface area contributed by atoms with Crippen molar-refractivity contribution < 1.29 is 4.74 Å². The summed E-state index contributed by atoms with van der Waals surface area (Å²) in [5.41, 5.74) is 0.768. The monoisotopic (exact) mass is 276 g/mol. The Morgan fingerprint density at radius 1 is 1.35 bits per heavy atom. The third-order valence-electron chi connectivity index (χ3n) is 3.38. The lowest BCUT2D eigenvalue weighted by Gasteiger charge is -2.15. The highest BCUT2D eigenvalue weighted by molar-refractivity contribution is 5.53. The Kier molecular flexibility index (Phi) is 5.21. The van der Waals surface area contributed by atoms with Crippen molar-refractivity contribution in [1.29, 1.82) is 0 Å². The standard InChI is InChI=1S/C15H24N4O/c1-4-5-6-7-8-12(2)20-15-14-17-9-10-19(14)11-13(16-3)18-15/h9-12,16H,4-8H2,1-3H3. The van der Waals surface area contributed by atoms with Crippen LogP contribution in [0.15, 0.2) is 18.6 Å². The van der Waals surface area contributed by atoms with E-state index in [-0.39, 0.29) is 6.10 Å². The summed E-state index contributed by atoms with van der Waals surface area (Å²) in [6, 6.07) is 0. The minimum Gasteiger partial charge on any atom is -0.472 e. The Bertz CT molecular complexity index is 538. The molecule has 5 nitrogen and oxygen atoms in total. The summed E-state index contributed by atoms with van der Waals surface area (Å²) in [6.45, 7) is 4.32. The van der Waals surface area contributed by atoms with Crippen molar-refractivity contribution in [3.8, 4) is 5.88 Å². The second-order valence-electron chi connectivity index (χ2n) is 5.12. The Morgan fingerprint density at radius 3 is 2.95 bits per heavy atom. The number of hydrogen-bond acceptors (Lipinski definition) is 4. The maximum atomic E-state index is 5.97. The number of aromatic nitrogens is 3. The van der Waals surface area contributed by atoms with Crippen molar-refractivity contribution in [3.05, 3.63) is 18.6 Å². The summed E-state index contributed by atoms with van der Waals surface area (Å²) in [6.07, 6.45) is 11.8. The first-order chi connectivity index (χ1) is 9.74. The molecule has 0 aliphatic carbocycles. The van der Waals surface area contributed by atoms with E-state index in [1.165, 1.54) is 25.7 Å². The molecule has 2 aromatic rings. The second kappa shape index (κ2) is 7.12. The zero-order valence-corrected chi connectivity index (χ0v) is 12.6. The van der Waals surface area contributed by atoms with Gasteiger partial charge in [-0.05, 0) is 19.8 Å². The van der Waals surface area contributed by atoms with E-state index in [0.29, 0.717) is 5.88 Å². The van der Waals surface area contributed by atoms with Crippen LogP contribution >= 0.6 is 0 Å². The van der Waals surface area contributed by atoms with E-state index in [2.05, 4.69) is 29.1 Å². The summed E-state index contributed by atoms with van der Waals surface area (Å²) in [7, 11) is 1.85. The highest BCUT2D eigenvalue weighted by Crippen LogP contribution is 2.21. The summed E-state index contributed by atoms with van der Waals surface area (Å²) < 4.78 is 7.90. The average molecular weight is 276 g/mol. The van der Waals surface area contributed by atoms with Crippen molar-refractivity contribution >= 4 is 11.5 Å². The molecule has 0 aliphatic heterocycles. The van der Waals surface area contributed by atoms with Crippen LogP contribution in [-0.2, 0) is 0 Å². The van der Waals surface area contributed by atoms with Gasteiger partial charge in [-0.25, -0.2) is 4.98 Å². The normalized spacial score (nSPS) is 12.6. The Hall–Kier alpha value is -1.78.